The van der Waals surface area contributed by atoms with Crippen LogP contribution in [0.15, 0.2) is 29.2 Å². The Bertz CT molecular complexity index is 1200. The second-order valence-corrected chi connectivity index (χ2v) is 8.67. The fourth-order valence-electron chi connectivity index (χ4n) is 3.36. The molecule has 0 radical (unpaired) electrons. The van der Waals surface area contributed by atoms with Crippen molar-refractivity contribution >= 4 is 62.5 Å². The average molecular weight is 566 g/mol. The number of benzene rings is 1. The van der Waals surface area contributed by atoms with E-state index in [9.17, 15) is 23.1 Å². The van der Waals surface area contributed by atoms with Crippen LogP contribution < -0.4 is 15.8 Å². The van der Waals surface area contributed by atoms with Crippen LogP contribution >= 0.6 is 34.2 Å². The number of aromatic nitrogens is 3. The molecule has 12 heteroatoms. The van der Waals surface area contributed by atoms with E-state index in [4.69, 9.17) is 11.6 Å². The van der Waals surface area contributed by atoms with Gasteiger partial charge < -0.3 is 20.3 Å². The van der Waals surface area contributed by atoms with E-state index in [1.165, 1.54) is 12.3 Å². The zero-order valence-corrected chi connectivity index (χ0v) is 18.7. The van der Waals surface area contributed by atoms with E-state index < -0.39 is 28.4 Å². The first kappa shape index (κ1) is 22.1. The van der Waals surface area contributed by atoms with Crippen molar-refractivity contribution in [1.29, 1.82) is 0 Å². The molecule has 0 amide bonds. The summed E-state index contributed by atoms with van der Waals surface area (Å²) in [6.45, 7) is 1.04. The van der Waals surface area contributed by atoms with Crippen LogP contribution in [0.25, 0.3) is 10.9 Å². The van der Waals surface area contributed by atoms with Crippen LogP contribution in [0, 0.1) is 3.57 Å². The fourth-order valence-corrected chi connectivity index (χ4v) is 4.13. The van der Waals surface area contributed by atoms with Gasteiger partial charge in [-0.25, -0.2) is 4.98 Å². The largest absolute Gasteiger partial charge is 0.417 e. The number of rotatable bonds is 3. The van der Waals surface area contributed by atoms with E-state index in [0.717, 1.165) is 12.1 Å². The lowest BCUT2D eigenvalue weighted by Crippen LogP contribution is -2.37. The van der Waals surface area contributed by atoms with Crippen LogP contribution in [-0.4, -0.2) is 39.3 Å². The summed E-state index contributed by atoms with van der Waals surface area (Å²) < 4.78 is 40.4. The maximum atomic E-state index is 13.3. The summed E-state index contributed by atoms with van der Waals surface area (Å²) in [7, 11) is 0. The number of hydrogen-bond acceptors (Lipinski definition) is 6. The molecule has 1 aliphatic heterocycles. The third kappa shape index (κ3) is 4.58. The van der Waals surface area contributed by atoms with Gasteiger partial charge in [0.15, 0.2) is 0 Å². The Kier molecular flexibility index (Phi) is 6.01. The molecular formula is C19H16ClF3IN5O2. The van der Waals surface area contributed by atoms with Gasteiger partial charge in [-0.3, -0.25) is 4.79 Å². The third-order valence-corrected chi connectivity index (χ3v) is 6.11. The molecule has 3 aromatic rings. The maximum absolute atomic E-state index is 13.3. The minimum absolute atomic E-state index is 0.0787. The van der Waals surface area contributed by atoms with Crippen molar-refractivity contribution in [2.75, 3.05) is 23.3 Å². The molecule has 4 rings (SSSR count). The second-order valence-electron chi connectivity index (χ2n) is 7.10. The van der Waals surface area contributed by atoms with Crippen molar-refractivity contribution in [3.8, 4) is 0 Å². The van der Waals surface area contributed by atoms with Gasteiger partial charge >= 0.3 is 6.18 Å². The van der Waals surface area contributed by atoms with Crippen LogP contribution in [0.5, 0.6) is 0 Å². The number of piperidine rings is 1. The highest BCUT2D eigenvalue weighted by Gasteiger charge is 2.33. The number of alkyl halides is 3. The number of hydrogen-bond donors (Lipinski definition) is 3. The molecule has 31 heavy (non-hydrogen) atoms. The molecule has 0 bridgehead atoms. The van der Waals surface area contributed by atoms with E-state index in [2.05, 4.69) is 20.3 Å². The van der Waals surface area contributed by atoms with Crippen LogP contribution in [-0.2, 0) is 6.18 Å². The van der Waals surface area contributed by atoms with Gasteiger partial charge in [0, 0.05) is 25.0 Å². The summed E-state index contributed by atoms with van der Waals surface area (Å²) in [6, 6.07) is 3.39. The molecule has 0 aliphatic carbocycles. The number of halogens is 5. The Hall–Kier alpha value is -2.12. The van der Waals surface area contributed by atoms with Gasteiger partial charge in [-0.05, 0) is 53.6 Å². The molecule has 0 spiro atoms. The minimum atomic E-state index is -4.63. The number of aliphatic hydroxyl groups excluding tert-OH is 1. The first-order valence-electron chi connectivity index (χ1n) is 9.29. The summed E-state index contributed by atoms with van der Waals surface area (Å²) in [5.74, 6) is 0.414. The van der Waals surface area contributed by atoms with Crippen LogP contribution in [0.2, 0.25) is 5.02 Å². The van der Waals surface area contributed by atoms with Gasteiger partial charge in [0.25, 0.3) is 5.56 Å². The lowest BCUT2D eigenvalue weighted by atomic mass is 10.1. The van der Waals surface area contributed by atoms with Gasteiger partial charge in [-0.2, -0.15) is 18.2 Å². The van der Waals surface area contributed by atoms with Gasteiger partial charge in [0.1, 0.15) is 11.2 Å². The van der Waals surface area contributed by atoms with Gasteiger partial charge in [0.05, 0.1) is 25.8 Å². The number of nitrogens with one attached hydrogen (secondary N) is 2. The van der Waals surface area contributed by atoms with E-state index in [-0.39, 0.29) is 16.9 Å². The Morgan fingerprint density at radius 3 is 2.65 bits per heavy atom. The molecule has 1 saturated heterocycles. The first-order chi connectivity index (χ1) is 14.6. The smallest absolute Gasteiger partial charge is 0.393 e. The van der Waals surface area contributed by atoms with Crippen molar-refractivity contribution in [3.05, 3.63) is 48.9 Å². The van der Waals surface area contributed by atoms with Crippen molar-refractivity contribution in [3.63, 3.8) is 0 Å². The SMILES string of the molecule is O=c1[nH]cc(I)c2nc(N3CCC(O)CC3)nc(Nc3ccc(Cl)c(C(F)(F)F)c3)c12. The summed E-state index contributed by atoms with van der Waals surface area (Å²) in [4.78, 5) is 26.0. The molecule has 2 aromatic heterocycles. The quantitative estimate of drug-likeness (QED) is 0.410. The molecule has 7 nitrogen and oxygen atoms in total. The van der Waals surface area contributed by atoms with Crippen molar-refractivity contribution in [2.24, 2.45) is 0 Å². The number of nitrogens with zero attached hydrogens (tertiary/aromatic N) is 3. The summed E-state index contributed by atoms with van der Waals surface area (Å²) in [6.07, 6.45) is -2.43. The third-order valence-electron chi connectivity index (χ3n) is 4.96. The summed E-state index contributed by atoms with van der Waals surface area (Å²) in [5, 5.41) is 12.3. The second kappa shape index (κ2) is 8.43. The lowest BCUT2D eigenvalue weighted by Gasteiger charge is -2.30. The number of anilines is 3. The monoisotopic (exact) mass is 565 g/mol. The summed E-state index contributed by atoms with van der Waals surface area (Å²) >= 11 is 7.73. The van der Waals surface area contributed by atoms with Crippen LogP contribution in [0.3, 0.4) is 0 Å². The molecule has 1 fully saturated rings. The highest BCUT2D eigenvalue weighted by molar-refractivity contribution is 14.1. The molecule has 0 atom stereocenters. The molecular weight excluding hydrogens is 550 g/mol. The zero-order valence-electron chi connectivity index (χ0n) is 15.8. The predicted octanol–water partition coefficient (Wildman–Crippen LogP) is 4.30. The number of aromatic amines is 1. The Balaban J connectivity index is 1.83. The maximum Gasteiger partial charge on any atom is 0.417 e. The van der Waals surface area contributed by atoms with E-state index in [1.54, 1.807) is 0 Å². The molecule has 1 aromatic carbocycles. The van der Waals surface area contributed by atoms with Gasteiger partial charge in [-0.1, -0.05) is 11.6 Å². The van der Waals surface area contributed by atoms with E-state index in [0.29, 0.717) is 41.0 Å². The number of pyridine rings is 1. The molecule has 0 saturated carbocycles. The minimum Gasteiger partial charge on any atom is -0.393 e. The van der Waals surface area contributed by atoms with Crippen LogP contribution in [0.1, 0.15) is 18.4 Å². The molecule has 0 unspecified atom stereocenters. The average Bonchev–Trinajstić information content (AvgIpc) is 2.71. The molecule has 1 aliphatic rings. The Labute approximate surface area is 192 Å². The van der Waals surface area contributed by atoms with Gasteiger partial charge in [0.2, 0.25) is 5.95 Å². The van der Waals surface area contributed by atoms with E-state index in [1.807, 2.05) is 27.5 Å². The van der Waals surface area contributed by atoms with Crippen molar-refractivity contribution in [1.82, 2.24) is 15.0 Å². The van der Waals surface area contributed by atoms with E-state index >= 15 is 0 Å². The number of aliphatic hydroxyl groups is 1. The van der Waals surface area contributed by atoms with Crippen molar-refractivity contribution in [2.45, 2.75) is 25.1 Å². The van der Waals surface area contributed by atoms with Crippen LogP contribution in [0.4, 0.5) is 30.6 Å². The highest BCUT2D eigenvalue weighted by Crippen LogP contribution is 2.37. The standard InChI is InChI=1S/C19H16ClF3IN5O2/c20-12-2-1-9(7-11(12)19(21,22)23)26-16-14-15(13(24)8-25-17(14)31)27-18(28-16)29-5-3-10(30)4-6-29/h1-2,7-8,10,30H,3-6H2,(H,25,31)(H,26,27,28). The Morgan fingerprint density at radius 1 is 1.26 bits per heavy atom. The molecule has 3 heterocycles. The summed E-state index contributed by atoms with van der Waals surface area (Å²) in [5.41, 5.74) is -1.00. The van der Waals surface area contributed by atoms with Crippen molar-refractivity contribution < 1.29 is 18.3 Å². The number of H-pyrrole nitrogens is 1. The fraction of sp³-hybridized carbons (Fsp3) is 0.316. The number of fused-ring (bicyclic) bond motifs is 1. The molecule has 164 valence electrons. The Morgan fingerprint density at radius 2 is 1.97 bits per heavy atom. The highest BCUT2D eigenvalue weighted by atomic mass is 127. The zero-order chi connectivity index (χ0) is 22.3. The molecule has 3 N–H and O–H groups in total. The van der Waals surface area contributed by atoms with Gasteiger partial charge in [-0.15, -0.1) is 0 Å². The predicted molar refractivity (Wildman–Crippen MR) is 120 cm³/mol. The lowest BCUT2D eigenvalue weighted by molar-refractivity contribution is -0.137. The topological polar surface area (TPSA) is 94.1 Å². The normalized spacial score (nSPS) is 15.5. The first-order valence-corrected chi connectivity index (χ1v) is 10.7.